The van der Waals surface area contributed by atoms with Gasteiger partial charge in [0.1, 0.15) is 0 Å². The predicted octanol–water partition coefficient (Wildman–Crippen LogP) is 4.74. The molecule has 1 amide bonds. The summed E-state index contributed by atoms with van der Waals surface area (Å²) in [4.78, 5) is 15.4. The topological polar surface area (TPSA) is 32.3 Å². The summed E-state index contributed by atoms with van der Waals surface area (Å²) >= 11 is 4.61. The van der Waals surface area contributed by atoms with E-state index in [1.165, 1.54) is 11.1 Å². The molecule has 1 heterocycles. The lowest BCUT2D eigenvalue weighted by atomic mass is 9.89. The summed E-state index contributed by atoms with van der Waals surface area (Å²) in [5, 5.41) is 3.91. The highest BCUT2D eigenvalue weighted by Gasteiger charge is 2.29. The number of benzene rings is 2. The molecular weight excluding hydrogens is 376 g/mol. The fourth-order valence-corrected chi connectivity index (χ4v) is 4.40. The summed E-state index contributed by atoms with van der Waals surface area (Å²) in [7, 11) is 0. The highest BCUT2D eigenvalue weighted by atomic mass is 32.1. The highest BCUT2D eigenvalue weighted by molar-refractivity contribution is 7.81. The first-order chi connectivity index (χ1) is 13.8. The third-order valence-electron chi connectivity index (χ3n) is 5.48. The summed E-state index contributed by atoms with van der Waals surface area (Å²) in [5.74, 6) is 0.397. The van der Waals surface area contributed by atoms with E-state index in [-0.39, 0.29) is 17.2 Å². The summed E-state index contributed by atoms with van der Waals surface area (Å²) in [5.41, 5.74) is 2.47. The van der Waals surface area contributed by atoms with Crippen molar-refractivity contribution in [2.45, 2.75) is 50.8 Å². The number of hydrogen-bond acceptors (Lipinski definition) is 3. The quantitative estimate of drug-likeness (QED) is 0.646. The van der Waals surface area contributed by atoms with Gasteiger partial charge in [-0.15, -0.1) is 0 Å². The van der Waals surface area contributed by atoms with Crippen LogP contribution in [-0.2, 0) is 4.79 Å². The van der Waals surface area contributed by atoms with E-state index in [1.807, 2.05) is 12.1 Å². The van der Waals surface area contributed by atoms with Gasteiger partial charge in [0.2, 0.25) is 5.91 Å². The molecule has 2 aromatic carbocycles. The van der Waals surface area contributed by atoms with Gasteiger partial charge in [-0.1, -0.05) is 81.4 Å². The fraction of sp³-hybridized carbons (Fsp3) is 0.480. The number of carbonyl (C=O) groups is 1. The molecule has 2 atom stereocenters. The van der Waals surface area contributed by atoms with Gasteiger partial charge in [-0.2, -0.15) is 12.6 Å². The minimum atomic E-state index is -0.0283. The second-order valence-corrected chi connectivity index (χ2v) is 10.1. The summed E-state index contributed by atoms with van der Waals surface area (Å²) in [6, 6.07) is 21.4. The fourth-order valence-electron chi connectivity index (χ4n) is 4.04. The molecule has 1 aliphatic heterocycles. The molecule has 0 saturated carbocycles. The molecule has 1 fully saturated rings. The SMILES string of the molecule is CC(C)(C)CC(=O)N(CC(c1ccccc1)c1ccccc1)C[C@@H]1C[C@H](S)CN1. The first-order valence-corrected chi connectivity index (χ1v) is 11.1. The van der Waals surface area contributed by atoms with E-state index in [9.17, 15) is 4.79 Å². The second-order valence-electron chi connectivity index (χ2n) is 9.40. The number of thiol groups is 1. The smallest absolute Gasteiger partial charge is 0.223 e. The van der Waals surface area contributed by atoms with E-state index in [4.69, 9.17) is 0 Å². The average Bonchev–Trinajstić information content (AvgIpc) is 3.10. The number of nitrogens with zero attached hydrogens (tertiary/aromatic N) is 1. The molecule has 156 valence electrons. The first-order valence-electron chi connectivity index (χ1n) is 10.6. The van der Waals surface area contributed by atoms with Crippen molar-refractivity contribution in [1.82, 2.24) is 10.2 Å². The molecule has 0 spiro atoms. The van der Waals surface area contributed by atoms with Crippen LogP contribution in [0.2, 0.25) is 0 Å². The number of hydrogen-bond donors (Lipinski definition) is 2. The molecule has 3 nitrogen and oxygen atoms in total. The van der Waals surface area contributed by atoms with Gasteiger partial charge in [-0.25, -0.2) is 0 Å². The van der Waals surface area contributed by atoms with Crippen LogP contribution in [0.5, 0.6) is 0 Å². The Morgan fingerprint density at radius 3 is 2.07 bits per heavy atom. The Morgan fingerprint density at radius 2 is 1.62 bits per heavy atom. The van der Waals surface area contributed by atoms with E-state index < -0.39 is 0 Å². The Kier molecular flexibility index (Phi) is 7.42. The third kappa shape index (κ3) is 6.61. The van der Waals surface area contributed by atoms with Crippen molar-refractivity contribution in [3.63, 3.8) is 0 Å². The van der Waals surface area contributed by atoms with E-state index >= 15 is 0 Å². The van der Waals surface area contributed by atoms with Crippen LogP contribution in [-0.4, -0.2) is 41.7 Å². The monoisotopic (exact) mass is 410 g/mol. The Hall–Kier alpha value is -1.78. The van der Waals surface area contributed by atoms with Crippen LogP contribution in [0.15, 0.2) is 60.7 Å². The van der Waals surface area contributed by atoms with Crippen molar-refractivity contribution < 1.29 is 4.79 Å². The lowest BCUT2D eigenvalue weighted by Gasteiger charge is -2.32. The lowest BCUT2D eigenvalue weighted by molar-refractivity contribution is -0.133. The lowest BCUT2D eigenvalue weighted by Crippen LogP contribution is -2.44. The average molecular weight is 411 g/mol. The van der Waals surface area contributed by atoms with Crippen molar-refractivity contribution in [3.8, 4) is 0 Å². The Balaban J connectivity index is 1.86. The van der Waals surface area contributed by atoms with Gasteiger partial charge in [0.05, 0.1) is 0 Å². The molecule has 1 N–H and O–H groups in total. The molecule has 0 aliphatic carbocycles. The zero-order valence-electron chi connectivity index (χ0n) is 17.8. The number of carbonyl (C=O) groups excluding carboxylic acids is 1. The molecule has 0 unspecified atom stereocenters. The second kappa shape index (κ2) is 9.82. The molecule has 2 aromatic rings. The molecule has 0 radical (unpaired) electrons. The van der Waals surface area contributed by atoms with Crippen molar-refractivity contribution in [3.05, 3.63) is 71.8 Å². The summed E-state index contributed by atoms with van der Waals surface area (Å²) in [6.45, 7) is 8.74. The maximum Gasteiger partial charge on any atom is 0.223 e. The molecule has 29 heavy (non-hydrogen) atoms. The first kappa shape index (κ1) is 21.9. The molecule has 1 aliphatic rings. The summed E-state index contributed by atoms with van der Waals surface area (Å²) in [6.07, 6.45) is 1.56. The van der Waals surface area contributed by atoms with Gasteiger partial charge >= 0.3 is 0 Å². The normalized spacial score (nSPS) is 19.5. The number of rotatable bonds is 7. The largest absolute Gasteiger partial charge is 0.340 e. The standard InChI is InChI=1S/C25H34N2OS/c1-25(2,3)15-24(28)27(17-21-14-22(29)16-26-21)18-23(19-10-6-4-7-11-19)20-12-8-5-9-13-20/h4-13,21-23,26,29H,14-18H2,1-3H3/t21-,22-/m0/s1. The van der Waals surface area contributed by atoms with Crippen LogP contribution in [0, 0.1) is 5.41 Å². The van der Waals surface area contributed by atoms with Crippen LogP contribution in [0.1, 0.15) is 50.7 Å². The van der Waals surface area contributed by atoms with Crippen LogP contribution in [0.25, 0.3) is 0 Å². The maximum absolute atomic E-state index is 13.3. The van der Waals surface area contributed by atoms with E-state index in [1.54, 1.807) is 0 Å². The minimum absolute atomic E-state index is 0.0283. The predicted molar refractivity (Wildman–Crippen MR) is 125 cm³/mol. The molecule has 3 rings (SSSR count). The van der Waals surface area contributed by atoms with Gasteiger partial charge in [-0.05, 0) is 23.0 Å². The highest BCUT2D eigenvalue weighted by Crippen LogP contribution is 2.28. The Bertz CT molecular complexity index is 733. The maximum atomic E-state index is 13.3. The van der Waals surface area contributed by atoms with Crippen molar-refractivity contribution in [2.75, 3.05) is 19.6 Å². The third-order valence-corrected chi connectivity index (χ3v) is 5.87. The van der Waals surface area contributed by atoms with E-state index in [0.717, 1.165) is 19.5 Å². The minimum Gasteiger partial charge on any atom is -0.340 e. The van der Waals surface area contributed by atoms with Crippen LogP contribution in [0.3, 0.4) is 0 Å². The van der Waals surface area contributed by atoms with Crippen LogP contribution >= 0.6 is 12.6 Å². The number of amides is 1. The van der Waals surface area contributed by atoms with Crippen molar-refractivity contribution >= 4 is 18.5 Å². The van der Waals surface area contributed by atoms with Gasteiger partial charge in [0, 0.05) is 43.3 Å². The van der Waals surface area contributed by atoms with Gasteiger partial charge in [0.15, 0.2) is 0 Å². The van der Waals surface area contributed by atoms with Crippen molar-refractivity contribution in [2.24, 2.45) is 5.41 Å². The van der Waals surface area contributed by atoms with E-state index in [0.29, 0.717) is 24.3 Å². The van der Waals surface area contributed by atoms with Crippen LogP contribution < -0.4 is 5.32 Å². The molecule has 0 bridgehead atoms. The summed E-state index contributed by atoms with van der Waals surface area (Å²) < 4.78 is 0. The molecule has 1 saturated heterocycles. The zero-order chi connectivity index (χ0) is 20.9. The van der Waals surface area contributed by atoms with Gasteiger partial charge in [0.25, 0.3) is 0 Å². The van der Waals surface area contributed by atoms with Crippen molar-refractivity contribution in [1.29, 1.82) is 0 Å². The van der Waals surface area contributed by atoms with Crippen LogP contribution in [0.4, 0.5) is 0 Å². The molecular formula is C25H34N2OS. The molecule has 4 heteroatoms. The van der Waals surface area contributed by atoms with E-state index in [2.05, 4.69) is 92.1 Å². The Morgan fingerprint density at radius 1 is 1.07 bits per heavy atom. The zero-order valence-corrected chi connectivity index (χ0v) is 18.7. The van der Waals surface area contributed by atoms with Gasteiger partial charge < -0.3 is 10.2 Å². The molecule has 0 aromatic heterocycles. The number of nitrogens with one attached hydrogen (secondary N) is 1. The van der Waals surface area contributed by atoms with Gasteiger partial charge in [-0.3, -0.25) is 4.79 Å². The Labute approximate surface area is 181 Å².